The number of hydrogen-bond donors (Lipinski definition) is 0. The van der Waals surface area contributed by atoms with E-state index in [9.17, 15) is 17.2 Å². The number of fused-ring (bicyclic) bond motifs is 2. The number of hydrogen-bond acceptors (Lipinski definition) is 5. The Balaban J connectivity index is 1.24. The van der Waals surface area contributed by atoms with Crippen molar-refractivity contribution >= 4 is 21.8 Å². The van der Waals surface area contributed by atoms with Crippen molar-refractivity contribution in [3.05, 3.63) is 77.4 Å². The van der Waals surface area contributed by atoms with E-state index >= 15 is 0 Å². The summed E-state index contributed by atoms with van der Waals surface area (Å²) < 4.78 is 65.3. The molecule has 1 saturated carbocycles. The number of methoxy groups -OCH3 is 1. The topological polar surface area (TPSA) is 67.7 Å². The Kier molecular flexibility index (Phi) is 6.55. The van der Waals surface area contributed by atoms with Crippen LogP contribution in [0.2, 0.25) is 0 Å². The molecule has 3 fully saturated rings. The van der Waals surface area contributed by atoms with Crippen molar-refractivity contribution in [3.63, 3.8) is 0 Å². The Morgan fingerprint density at radius 3 is 2.59 bits per heavy atom. The van der Waals surface area contributed by atoms with Crippen molar-refractivity contribution in [2.75, 3.05) is 38.2 Å². The zero-order chi connectivity index (χ0) is 28.4. The van der Waals surface area contributed by atoms with Crippen LogP contribution in [0.1, 0.15) is 36.9 Å². The van der Waals surface area contributed by atoms with Crippen LogP contribution in [-0.2, 0) is 21.2 Å². The molecule has 2 aromatic carbocycles. The van der Waals surface area contributed by atoms with Gasteiger partial charge in [0.2, 0.25) is 10.0 Å². The highest BCUT2D eigenvalue weighted by atomic mass is 32.2. The second kappa shape index (κ2) is 10.0. The SMILES string of the molecule is CO[C@H](C1CC1)C12Cc3cnn(-c4ccc(F)cc4)c3C=C1CCN(S(=O)(=O)c1cccc(N3CC[C@@H](F)C3)c1)C2. The number of benzene rings is 2. The Labute approximate surface area is 239 Å². The van der Waals surface area contributed by atoms with Gasteiger partial charge in [-0.25, -0.2) is 21.9 Å². The maximum atomic E-state index is 14.1. The Bertz CT molecular complexity index is 1600. The minimum atomic E-state index is -3.81. The van der Waals surface area contributed by atoms with Crippen LogP contribution in [0.25, 0.3) is 11.8 Å². The molecule has 1 aromatic heterocycles. The monoisotopic (exact) mass is 580 g/mol. The molecule has 0 spiro atoms. The third kappa shape index (κ3) is 4.60. The zero-order valence-electron chi connectivity index (χ0n) is 23.0. The summed E-state index contributed by atoms with van der Waals surface area (Å²) in [6.07, 6.45) is 6.78. The van der Waals surface area contributed by atoms with Gasteiger partial charge in [0.05, 0.1) is 28.6 Å². The smallest absolute Gasteiger partial charge is 0.243 e. The predicted octanol–water partition coefficient (Wildman–Crippen LogP) is 5.01. The van der Waals surface area contributed by atoms with Crippen LogP contribution >= 0.6 is 0 Å². The van der Waals surface area contributed by atoms with E-state index in [4.69, 9.17) is 4.74 Å². The molecular weight excluding hydrogens is 546 g/mol. The molecule has 3 atom stereocenters. The summed E-state index contributed by atoms with van der Waals surface area (Å²) >= 11 is 0. The molecule has 1 unspecified atom stereocenters. The van der Waals surface area contributed by atoms with Crippen LogP contribution in [0.3, 0.4) is 0 Å². The van der Waals surface area contributed by atoms with Crippen LogP contribution in [0.15, 0.2) is 65.2 Å². The molecule has 7 rings (SSSR count). The lowest BCUT2D eigenvalue weighted by atomic mass is 9.64. The molecule has 0 radical (unpaired) electrons. The maximum absolute atomic E-state index is 14.1. The summed E-state index contributed by atoms with van der Waals surface area (Å²) in [5.74, 6) is 0.0811. The second-order valence-corrected chi connectivity index (χ2v) is 13.8. The summed E-state index contributed by atoms with van der Waals surface area (Å²) in [5, 5.41) is 4.65. The van der Waals surface area contributed by atoms with Crippen molar-refractivity contribution in [1.29, 1.82) is 0 Å². The van der Waals surface area contributed by atoms with E-state index in [1.165, 1.54) is 17.7 Å². The van der Waals surface area contributed by atoms with E-state index < -0.39 is 21.6 Å². The zero-order valence-corrected chi connectivity index (χ0v) is 23.9. The van der Waals surface area contributed by atoms with Gasteiger partial charge < -0.3 is 9.64 Å². The van der Waals surface area contributed by atoms with Crippen molar-refractivity contribution < 1.29 is 21.9 Å². The van der Waals surface area contributed by atoms with Gasteiger partial charge in [0.1, 0.15) is 12.0 Å². The van der Waals surface area contributed by atoms with Crippen LogP contribution in [0.5, 0.6) is 0 Å². The average molecular weight is 581 g/mol. The molecule has 3 aromatic rings. The number of alkyl halides is 1. The third-order valence-electron chi connectivity index (χ3n) is 9.30. The standard InChI is InChI=1S/C31H34F2N4O3S/c1-40-30(21-5-6-21)31-17-22-18-34-37(26-9-7-24(32)8-10-26)29(22)15-23(31)11-14-36(20-31)41(38,39)28-4-2-3-27(16-28)35-13-12-25(33)19-35/h2-4,7-10,15-16,18,21,25,30H,5-6,11-14,17,19-20H2,1H3/t25-,30-,31?/m1/s1. The molecule has 41 heavy (non-hydrogen) atoms. The molecule has 0 amide bonds. The van der Waals surface area contributed by atoms with E-state index in [1.54, 1.807) is 41.7 Å². The van der Waals surface area contributed by atoms with Gasteiger partial charge in [0, 0.05) is 44.4 Å². The summed E-state index contributed by atoms with van der Waals surface area (Å²) in [4.78, 5) is 2.15. The largest absolute Gasteiger partial charge is 0.380 e. The van der Waals surface area contributed by atoms with Crippen molar-refractivity contribution in [2.24, 2.45) is 11.3 Å². The normalized spacial score (nSPS) is 25.5. The third-order valence-corrected chi connectivity index (χ3v) is 11.1. The first-order chi connectivity index (χ1) is 19.8. The van der Waals surface area contributed by atoms with Crippen LogP contribution in [-0.4, -0.2) is 68.1 Å². The minimum Gasteiger partial charge on any atom is -0.380 e. The molecule has 216 valence electrons. The lowest BCUT2D eigenvalue weighted by Gasteiger charge is -2.50. The maximum Gasteiger partial charge on any atom is 0.243 e. The second-order valence-electron chi connectivity index (χ2n) is 11.9. The van der Waals surface area contributed by atoms with Crippen molar-refractivity contribution in [1.82, 2.24) is 14.1 Å². The van der Waals surface area contributed by atoms with Gasteiger partial charge in [0.25, 0.3) is 0 Å². The molecule has 3 heterocycles. The van der Waals surface area contributed by atoms with E-state index in [-0.39, 0.29) is 23.4 Å². The van der Waals surface area contributed by atoms with Crippen LogP contribution < -0.4 is 4.90 Å². The minimum absolute atomic E-state index is 0.119. The van der Waals surface area contributed by atoms with Gasteiger partial charge in [-0.2, -0.15) is 9.40 Å². The van der Waals surface area contributed by atoms with Crippen LogP contribution in [0.4, 0.5) is 14.5 Å². The van der Waals surface area contributed by atoms with Gasteiger partial charge in [0.15, 0.2) is 0 Å². The Morgan fingerprint density at radius 2 is 1.88 bits per heavy atom. The molecule has 7 nitrogen and oxygen atoms in total. The number of ether oxygens (including phenoxy) is 1. The molecule has 0 N–H and O–H groups in total. The predicted molar refractivity (Wildman–Crippen MR) is 153 cm³/mol. The van der Waals surface area contributed by atoms with E-state index in [2.05, 4.69) is 11.2 Å². The fourth-order valence-electron chi connectivity index (χ4n) is 7.14. The number of aromatic nitrogens is 2. The van der Waals surface area contributed by atoms with E-state index in [1.807, 2.05) is 21.8 Å². The number of nitrogens with zero attached hydrogens (tertiary/aromatic N) is 4. The summed E-state index contributed by atoms with van der Waals surface area (Å²) in [5.41, 5.74) is 4.16. The van der Waals surface area contributed by atoms with E-state index in [0.29, 0.717) is 44.8 Å². The molecule has 4 aliphatic rings. The fourth-order valence-corrected chi connectivity index (χ4v) is 8.69. The Hall–Kier alpha value is -3.08. The van der Waals surface area contributed by atoms with Gasteiger partial charge in [-0.15, -0.1) is 0 Å². The number of anilines is 1. The Morgan fingerprint density at radius 1 is 1.07 bits per heavy atom. The highest BCUT2D eigenvalue weighted by molar-refractivity contribution is 7.89. The van der Waals surface area contributed by atoms with Crippen molar-refractivity contribution in [2.45, 2.75) is 49.3 Å². The van der Waals surface area contributed by atoms with Gasteiger partial charge in [-0.1, -0.05) is 11.6 Å². The quantitative estimate of drug-likeness (QED) is 0.393. The highest BCUT2D eigenvalue weighted by Gasteiger charge is 2.54. The molecule has 2 aliphatic carbocycles. The fraction of sp³-hybridized carbons (Fsp3) is 0.452. The van der Waals surface area contributed by atoms with Gasteiger partial charge in [-0.05, 0) is 92.1 Å². The molecule has 2 aliphatic heterocycles. The first-order valence-electron chi connectivity index (χ1n) is 14.3. The number of sulfonamides is 1. The number of halogens is 2. The first-order valence-corrected chi connectivity index (χ1v) is 15.8. The number of rotatable bonds is 7. The molecule has 0 bridgehead atoms. The molecule has 10 heteroatoms. The lowest BCUT2D eigenvalue weighted by Crippen LogP contribution is -2.55. The van der Waals surface area contributed by atoms with Gasteiger partial charge >= 0.3 is 0 Å². The summed E-state index contributed by atoms with van der Waals surface area (Å²) in [6, 6.07) is 13.2. The lowest BCUT2D eigenvalue weighted by molar-refractivity contribution is -0.0260. The van der Waals surface area contributed by atoms with Crippen LogP contribution in [0, 0.1) is 17.2 Å². The van der Waals surface area contributed by atoms with Crippen molar-refractivity contribution in [3.8, 4) is 5.69 Å². The molecule has 2 saturated heterocycles. The van der Waals surface area contributed by atoms with E-state index in [0.717, 1.165) is 35.5 Å². The highest BCUT2D eigenvalue weighted by Crippen LogP contribution is 2.53. The van der Waals surface area contributed by atoms with Gasteiger partial charge in [-0.3, -0.25) is 0 Å². The average Bonchev–Trinajstić information content (AvgIpc) is 3.58. The number of piperidine rings is 1. The summed E-state index contributed by atoms with van der Waals surface area (Å²) in [7, 11) is -2.07. The molecular formula is C31H34F2N4O3S. The first kappa shape index (κ1) is 26.8. The summed E-state index contributed by atoms with van der Waals surface area (Å²) in [6.45, 7) is 1.54.